The average molecular weight is 624 g/mol. The van der Waals surface area contributed by atoms with Gasteiger partial charge in [0.1, 0.15) is 5.75 Å². The molecule has 44 heavy (non-hydrogen) atoms. The van der Waals surface area contributed by atoms with Crippen molar-refractivity contribution in [2.45, 2.75) is 29.5 Å². The van der Waals surface area contributed by atoms with E-state index in [1.807, 2.05) is 85.8 Å². The zero-order valence-electron chi connectivity index (χ0n) is 23.8. The number of hydrogen-bond donors (Lipinski definition) is 2. The van der Waals surface area contributed by atoms with Gasteiger partial charge in [0.2, 0.25) is 11.8 Å². The van der Waals surface area contributed by atoms with Crippen LogP contribution in [-0.2, 0) is 14.4 Å². The number of imide groups is 1. The first-order valence-electron chi connectivity index (χ1n) is 14.8. The van der Waals surface area contributed by atoms with Gasteiger partial charge in [-0.05, 0) is 61.4 Å². The van der Waals surface area contributed by atoms with Gasteiger partial charge in [-0.15, -0.1) is 11.8 Å². The van der Waals surface area contributed by atoms with Gasteiger partial charge in [0.15, 0.2) is 6.61 Å². The van der Waals surface area contributed by atoms with Crippen LogP contribution in [0.3, 0.4) is 0 Å². The number of H-pyrrole nitrogens is 1. The number of thioether (sulfide) groups is 1. The highest BCUT2D eigenvalue weighted by Gasteiger charge is 2.69. The number of carbonyl (C=O) groups is 3. The molecule has 2 bridgehead atoms. The van der Waals surface area contributed by atoms with Gasteiger partial charge in [-0.3, -0.25) is 24.1 Å². The maximum atomic E-state index is 13.9. The van der Waals surface area contributed by atoms with E-state index in [1.54, 1.807) is 11.8 Å². The SMILES string of the molecule is Cc1ccc(NC(=O)COc2ccccc2[C@H]2c3sc(=O)[nH]c3SC3C4CC(C5C(=O)N(c6ccccc6)C(=O)C45)C32)cc1. The highest BCUT2D eigenvalue weighted by molar-refractivity contribution is 8.00. The molecule has 8 rings (SSSR count). The Morgan fingerprint density at radius 2 is 1.64 bits per heavy atom. The standard InChI is InChI=1S/C34H29N3O5S2/c1-17-11-13-18(14-12-17)35-24(38)16-42-23-10-6-5-9-20(23)25-26-21-15-22(29(26)43-31-30(25)44-34(41)36-31)28-27(21)32(39)37(33(28)40)19-7-3-2-4-8-19/h2-14,21-22,25-29H,15-16H2,1H3,(H,35,38)(H,36,41)/t21?,22?,25-,26?,27?,28?,29?/m1/s1. The average Bonchev–Trinajstić information content (AvgIpc) is 3.76. The molecule has 8 nitrogen and oxygen atoms in total. The number of anilines is 2. The third kappa shape index (κ3) is 4.26. The minimum absolute atomic E-state index is 0.0130. The van der Waals surface area contributed by atoms with Crippen LogP contribution in [0.25, 0.3) is 0 Å². The molecule has 3 fully saturated rings. The predicted octanol–water partition coefficient (Wildman–Crippen LogP) is 5.44. The molecule has 3 aromatic carbocycles. The number of nitrogens with one attached hydrogen (secondary N) is 2. The van der Waals surface area contributed by atoms with Crippen LogP contribution >= 0.6 is 23.1 Å². The van der Waals surface area contributed by atoms with Crippen molar-refractivity contribution in [1.82, 2.24) is 4.98 Å². The lowest BCUT2D eigenvalue weighted by atomic mass is 9.68. The van der Waals surface area contributed by atoms with Crippen molar-refractivity contribution in [3.63, 3.8) is 0 Å². The van der Waals surface area contributed by atoms with Gasteiger partial charge in [0.05, 0.1) is 22.5 Å². The van der Waals surface area contributed by atoms with E-state index in [0.717, 1.165) is 27.5 Å². The van der Waals surface area contributed by atoms with Crippen LogP contribution in [0.1, 0.15) is 28.3 Å². The Balaban J connectivity index is 1.12. The molecule has 3 heterocycles. The monoisotopic (exact) mass is 623 g/mol. The molecule has 4 aliphatic rings. The molecule has 2 N–H and O–H groups in total. The number of aromatic nitrogens is 1. The van der Waals surface area contributed by atoms with E-state index in [4.69, 9.17) is 4.74 Å². The molecular formula is C34H29N3O5S2. The predicted molar refractivity (Wildman–Crippen MR) is 169 cm³/mol. The Morgan fingerprint density at radius 3 is 2.41 bits per heavy atom. The molecule has 222 valence electrons. The van der Waals surface area contributed by atoms with Crippen molar-refractivity contribution in [2.24, 2.45) is 29.6 Å². The second-order valence-electron chi connectivity index (χ2n) is 12.0. The number of hydrogen-bond acceptors (Lipinski definition) is 7. The van der Waals surface area contributed by atoms with Gasteiger partial charge in [-0.2, -0.15) is 0 Å². The van der Waals surface area contributed by atoms with Crippen LogP contribution in [0.2, 0.25) is 0 Å². The summed E-state index contributed by atoms with van der Waals surface area (Å²) in [4.78, 5) is 58.5. The molecule has 7 atom stereocenters. The van der Waals surface area contributed by atoms with Crippen molar-refractivity contribution in [3.05, 3.63) is 105 Å². The van der Waals surface area contributed by atoms with Gasteiger partial charge in [0.25, 0.3) is 5.91 Å². The molecule has 10 heteroatoms. The van der Waals surface area contributed by atoms with E-state index >= 15 is 0 Å². The quantitative estimate of drug-likeness (QED) is 0.277. The highest BCUT2D eigenvalue weighted by atomic mass is 32.2. The number of fused-ring (bicyclic) bond motifs is 9. The van der Waals surface area contributed by atoms with E-state index in [-0.39, 0.29) is 70.0 Å². The first-order valence-corrected chi connectivity index (χ1v) is 16.5. The summed E-state index contributed by atoms with van der Waals surface area (Å²) < 4.78 is 6.17. The lowest BCUT2D eigenvalue weighted by Gasteiger charge is -2.43. The molecule has 2 aliphatic carbocycles. The Kier molecular flexibility index (Phi) is 6.53. The van der Waals surface area contributed by atoms with E-state index in [0.29, 0.717) is 17.1 Å². The van der Waals surface area contributed by atoms with Gasteiger partial charge in [-0.1, -0.05) is 65.4 Å². The number of para-hydroxylation sites is 2. The zero-order valence-corrected chi connectivity index (χ0v) is 25.4. The van der Waals surface area contributed by atoms with Crippen LogP contribution in [0.4, 0.5) is 11.4 Å². The Bertz CT molecular complexity index is 1850. The highest BCUT2D eigenvalue weighted by Crippen LogP contribution is 2.69. The van der Waals surface area contributed by atoms with Crippen molar-refractivity contribution >= 4 is 52.2 Å². The Labute approximate surface area is 261 Å². The summed E-state index contributed by atoms with van der Waals surface area (Å²) in [5, 5.41) is 3.78. The second-order valence-corrected chi connectivity index (χ2v) is 14.3. The minimum Gasteiger partial charge on any atom is -0.483 e. The number of nitrogens with zero attached hydrogens (tertiary/aromatic N) is 1. The number of rotatable bonds is 6. The number of thiazole rings is 1. The molecule has 4 aromatic rings. The minimum atomic E-state index is -0.386. The third-order valence-electron chi connectivity index (χ3n) is 9.69. The summed E-state index contributed by atoms with van der Waals surface area (Å²) in [6.45, 7) is 1.81. The zero-order chi connectivity index (χ0) is 30.1. The van der Waals surface area contributed by atoms with E-state index < -0.39 is 0 Å². The smallest absolute Gasteiger partial charge is 0.305 e. The number of benzene rings is 3. The van der Waals surface area contributed by atoms with Gasteiger partial charge in [-0.25, -0.2) is 0 Å². The van der Waals surface area contributed by atoms with Gasteiger partial charge in [0, 0.05) is 27.3 Å². The van der Waals surface area contributed by atoms with Crippen molar-refractivity contribution in [2.75, 3.05) is 16.8 Å². The maximum absolute atomic E-state index is 13.9. The van der Waals surface area contributed by atoms with Crippen LogP contribution in [0.5, 0.6) is 5.75 Å². The Hall–Kier alpha value is -4.15. The number of ether oxygens (including phenoxy) is 1. The summed E-state index contributed by atoms with van der Waals surface area (Å²) in [7, 11) is 0. The summed E-state index contributed by atoms with van der Waals surface area (Å²) in [6.07, 6.45) is 0.801. The largest absolute Gasteiger partial charge is 0.483 e. The molecule has 6 unspecified atom stereocenters. The summed E-state index contributed by atoms with van der Waals surface area (Å²) in [5.74, 6) is -0.829. The Morgan fingerprint density at radius 1 is 0.932 bits per heavy atom. The van der Waals surface area contributed by atoms with Crippen molar-refractivity contribution in [1.29, 1.82) is 0 Å². The first kappa shape index (κ1) is 27.4. The van der Waals surface area contributed by atoms with Crippen LogP contribution < -0.4 is 19.8 Å². The number of carbonyl (C=O) groups excluding carboxylic acids is 3. The normalized spacial score (nSPS) is 28.0. The van der Waals surface area contributed by atoms with E-state index in [1.165, 1.54) is 16.2 Å². The van der Waals surface area contributed by atoms with E-state index in [2.05, 4.69) is 10.3 Å². The van der Waals surface area contributed by atoms with E-state index in [9.17, 15) is 19.2 Å². The van der Waals surface area contributed by atoms with Crippen LogP contribution in [-0.4, -0.2) is 34.6 Å². The molecule has 1 saturated heterocycles. The fraction of sp³-hybridized carbons (Fsp3) is 0.294. The van der Waals surface area contributed by atoms with Crippen molar-refractivity contribution in [3.8, 4) is 5.75 Å². The summed E-state index contributed by atoms with van der Waals surface area (Å²) >= 11 is 2.85. The molecule has 0 radical (unpaired) electrons. The molecule has 0 spiro atoms. The number of amides is 3. The second kappa shape index (κ2) is 10.5. The van der Waals surface area contributed by atoms with Crippen molar-refractivity contribution < 1.29 is 19.1 Å². The maximum Gasteiger partial charge on any atom is 0.305 e. The molecule has 2 aliphatic heterocycles. The molecular weight excluding hydrogens is 595 g/mol. The molecule has 2 saturated carbocycles. The topological polar surface area (TPSA) is 109 Å². The summed E-state index contributed by atoms with van der Waals surface area (Å²) in [6, 6.07) is 24.4. The fourth-order valence-corrected chi connectivity index (χ4v) is 10.9. The lowest BCUT2D eigenvalue weighted by Crippen LogP contribution is -2.42. The van der Waals surface area contributed by atoms with Gasteiger partial charge >= 0.3 is 4.87 Å². The summed E-state index contributed by atoms with van der Waals surface area (Å²) in [5.41, 5.74) is 3.31. The van der Waals surface area contributed by atoms with Gasteiger partial charge < -0.3 is 15.0 Å². The third-order valence-corrected chi connectivity index (χ3v) is 12.3. The lowest BCUT2D eigenvalue weighted by molar-refractivity contribution is -0.123. The van der Waals surface area contributed by atoms with Crippen LogP contribution in [0.15, 0.2) is 88.7 Å². The molecule has 1 aromatic heterocycles. The van der Waals surface area contributed by atoms with Crippen LogP contribution in [0, 0.1) is 36.5 Å². The molecule has 3 amide bonds. The number of aryl methyl sites for hydroxylation is 1. The first-order chi connectivity index (χ1) is 21.4. The fourth-order valence-electron chi connectivity index (χ4n) is 8.04. The number of aromatic amines is 1.